The van der Waals surface area contributed by atoms with E-state index in [0.29, 0.717) is 12.0 Å². The molecule has 92 valence electrons. The van der Waals surface area contributed by atoms with Gasteiger partial charge in [-0.15, -0.1) is 11.6 Å². The van der Waals surface area contributed by atoms with Crippen LogP contribution in [0.2, 0.25) is 0 Å². The molecular weight excluding hydrogens is 234 g/mol. The van der Waals surface area contributed by atoms with Gasteiger partial charge in [0.05, 0.1) is 0 Å². The minimum absolute atomic E-state index is 0.0726. The van der Waals surface area contributed by atoms with Crippen LogP contribution in [0.1, 0.15) is 37.1 Å². The van der Waals surface area contributed by atoms with E-state index in [-0.39, 0.29) is 5.91 Å². The number of alkyl halides is 1. The van der Waals surface area contributed by atoms with Crippen molar-refractivity contribution in [3.05, 3.63) is 35.9 Å². The van der Waals surface area contributed by atoms with E-state index >= 15 is 0 Å². The average Bonchev–Trinajstić information content (AvgIpc) is 2.75. The number of benzene rings is 1. The molecule has 1 amide bonds. The SMILES string of the molecule is CC1CCCC1NC(=O)C(Cl)c1ccccc1. The van der Waals surface area contributed by atoms with Crippen LogP contribution in [0.25, 0.3) is 0 Å². The summed E-state index contributed by atoms with van der Waals surface area (Å²) in [6.07, 6.45) is 3.47. The lowest BCUT2D eigenvalue weighted by molar-refractivity contribution is -0.121. The van der Waals surface area contributed by atoms with E-state index in [4.69, 9.17) is 11.6 Å². The summed E-state index contributed by atoms with van der Waals surface area (Å²) in [5, 5.41) is 2.48. The van der Waals surface area contributed by atoms with Crippen LogP contribution in [0, 0.1) is 5.92 Å². The summed E-state index contributed by atoms with van der Waals surface area (Å²) in [5.41, 5.74) is 0.859. The zero-order valence-electron chi connectivity index (χ0n) is 10.0. The van der Waals surface area contributed by atoms with Crippen molar-refractivity contribution in [3.63, 3.8) is 0 Å². The fourth-order valence-corrected chi connectivity index (χ4v) is 2.60. The summed E-state index contributed by atoms with van der Waals surface area (Å²) in [5.74, 6) is 0.496. The predicted molar refractivity (Wildman–Crippen MR) is 70.0 cm³/mol. The van der Waals surface area contributed by atoms with Gasteiger partial charge in [-0.3, -0.25) is 4.79 Å². The van der Waals surface area contributed by atoms with Crippen LogP contribution in [-0.4, -0.2) is 11.9 Å². The van der Waals surface area contributed by atoms with Crippen LogP contribution in [0.4, 0.5) is 0 Å². The van der Waals surface area contributed by atoms with Crippen LogP contribution in [0.3, 0.4) is 0 Å². The third kappa shape index (κ3) is 3.01. The maximum Gasteiger partial charge on any atom is 0.242 e. The molecule has 3 atom stereocenters. The smallest absolute Gasteiger partial charge is 0.242 e. The molecule has 2 rings (SSSR count). The average molecular weight is 252 g/mol. The first-order chi connectivity index (χ1) is 8.18. The van der Waals surface area contributed by atoms with E-state index < -0.39 is 5.38 Å². The Balaban J connectivity index is 1.96. The van der Waals surface area contributed by atoms with E-state index in [0.717, 1.165) is 12.0 Å². The van der Waals surface area contributed by atoms with Crippen LogP contribution in [0.5, 0.6) is 0 Å². The van der Waals surface area contributed by atoms with Gasteiger partial charge in [0.2, 0.25) is 5.91 Å². The topological polar surface area (TPSA) is 29.1 Å². The van der Waals surface area contributed by atoms with Gasteiger partial charge in [0, 0.05) is 6.04 Å². The van der Waals surface area contributed by atoms with Crippen molar-refractivity contribution in [1.82, 2.24) is 5.32 Å². The van der Waals surface area contributed by atoms with Gasteiger partial charge in [-0.25, -0.2) is 0 Å². The van der Waals surface area contributed by atoms with E-state index in [1.165, 1.54) is 12.8 Å². The minimum atomic E-state index is -0.580. The monoisotopic (exact) mass is 251 g/mol. The van der Waals surface area contributed by atoms with E-state index in [2.05, 4.69) is 12.2 Å². The highest BCUT2D eigenvalue weighted by Crippen LogP contribution is 2.27. The maximum absolute atomic E-state index is 12.0. The van der Waals surface area contributed by atoms with Crippen molar-refractivity contribution in [1.29, 1.82) is 0 Å². The maximum atomic E-state index is 12.0. The molecule has 1 aromatic rings. The molecule has 1 aromatic carbocycles. The molecule has 3 unspecified atom stereocenters. The zero-order chi connectivity index (χ0) is 12.3. The molecule has 17 heavy (non-hydrogen) atoms. The summed E-state index contributed by atoms with van der Waals surface area (Å²) >= 11 is 6.17. The number of hydrogen-bond acceptors (Lipinski definition) is 1. The molecule has 0 bridgehead atoms. The van der Waals surface area contributed by atoms with Gasteiger partial charge in [0.25, 0.3) is 0 Å². The summed E-state index contributed by atoms with van der Waals surface area (Å²) in [6, 6.07) is 9.79. The van der Waals surface area contributed by atoms with Crippen molar-refractivity contribution >= 4 is 17.5 Å². The number of amides is 1. The molecule has 0 radical (unpaired) electrons. The Kier molecular flexibility index (Phi) is 4.06. The number of rotatable bonds is 3. The fourth-order valence-electron chi connectivity index (χ4n) is 2.39. The van der Waals surface area contributed by atoms with Gasteiger partial charge in [-0.05, 0) is 24.3 Å². The number of hydrogen-bond donors (Lipinski definition) is 1. The van der Waals surface area contributed by atoms with E-state index in [9.17, 15) is 4.79 Å². The molecule has 0 aliphatic heterocycles. The van der Waals surface area contributed by atoms with Gasteiger partial charge >= 0.3 is 0 Å². The number of nitrogens with one attached hydrogen (secondary N) is 1. The number of halogens is 1. The lowest BCUT2D eigenvalue weighted by Gasteiger charge is -2.19. The molecule has 0 aromatic heterocycles. The summed E-state index contributed by atoms with van der Waals surface area (Å²) in [7, 11) is 0. The van der Waals surface area contributed by atoms with Crippen molar-refractivity contribution in [2.45, 2.75) is 37.6 Å². The second kappa shape index (κ2) is 5.54. The molecule has 1 aliphatic rings. The van der Waals surface area contributed by atoms with Crippen molar-refractivity contribution < 1.29 is 4.79 Å². The highest BCUT2D eigenvalue weighted by Gasteiger charge is 2.27. The molecule has 0 saturated heterocycles. The summed E-state index contributed by atoms with van der Waals surface area (Å²) < 4.78 is 0. The molecule has 1 aliphatic carbocycles. The molecule has 1 fully saturated rings. The van der Waals surface area contributed by atoms with E-state index in [1.54, 1.807) is 0 Å². The van der Waals surface area contributed by atoms with Crippen molar-refractivity contribution in [2.24, 2.45) is 5.92 Å². The first kappa shape index (κ1) is 12.4. The third-order valence-corrected chi connectivity index (χ3v) is 3.96. The molecule has 3 heteroatoms. The Morgan fingerprint density at radius 1 is 1.35 bits per heavy atom. The highest BCUT2D eigenvalue weighted by molar-refractivity contribution is 6.30. The minimum Gasteiger partial charge on any atom is -0.352 e. The quantitative estimate of drug-likeness (QED) is 0.821. The Hall–Kier alpha value is -1.02. The number of carbonyl (C=O) groups excluding carboxylic acids is 1. The largest absolute Gasteiger partial charge is 0.352 e. The second-order valence-electron chi connectivity index (χ2n) is 4.80. The van der Waals surface area contributed by atoms with Gasteiger partial charge in [0.1, 0.15) is 5.38 Å². The zero-order valence-corrected chi connectivity index (χ0v) is 10.8. The first-order valence-electron chi connectivity index (χ1n) is 6.18. The van der Waals surface area contributed by atoms with Crippen molar-refractivity contribution in [2.75, 3.05) is 0 Å². The normalized spacial score (nSPS) is 25.5. The van der Waals surface area contributed by atoms with Crippen LogP contribution < -0.4 is 5.32 Å². The molecule has 2 nitrogen and oxygen atoms in total. The lowest BCUT2D eigenvalue weighted by atomic mass is 10.1. The van der Waals surface area contributed by atoms with Crippen LogP contribution >= 0.6 is 11.6 Å². The molecule has 1 saturated carbocycles. The molecule has 0 spiro atoms. The van der Waals surface area contributed by atoms with Gasteiger partial charge in [-0.1, -0.05) is 43.7 Å². The summed E-state index contributed by atoms with van der Waals surface area (Å²) in [4.78, 5) is 12.0. The standard InChI is InChI=1S/C14H18ClNO/c1-10-6-5-9-12(10)16-14(17)13(15)11-7-3-2-4-8-11/h2-4,7-8,10,12-13H,5-6,9H2,1H3,(H,16,17). The van der Waals surface area contributed by atoms with E-state index in [1.807, 2.05) is 30.3 Å². The highest BCUT2D eigenvalue weighted by atomic mass is 35.5. The second-order valence-corrected chi connectivity index (χ2v) is 5.23. The Morgan fingerprint density at radius 2 is 2.06 bits per heavy atom. The first-order valence-corrected chi connectivity index (χ1v) is 6.61. The molecule has 0 heterocycles. The van der Waals surface area contributed by atoms with Crippen molar-refractivity contribution in [3.8, 4) is 0 Å². The number of carbonyl (C=O) groups is 1. The third-order valence-electron chi connectivity index (χ3n) is 3.51. The Bertz CT molecular complexity index is 379. The molecule has 1 N–H and O–H groups in total. The predicted octanol–water partition coefficient (Wildman–Crippen LogP) is 3.27. The molecular formula is C14H18ClNO. The Labute approximate surface area is 107 Å². The van der Waals surface area contributed by atoms with Gasteiger partial charge < -0.3 is 5.32 Å². The van der Waals surface area contributed by atoms with Crippen LogP contribution in [-0.2, 0) is 4.79 Å². The van der Waals surface area contributed by atoms with Gasteiger partial charge in [-0.2, -0.15) is 0 Å². The summed E-state index contributed by atoms with van der Waals surface area (Å²) in [6.45, 7) is 2.18. The van der Waals surface area contributed by atoms with Crippen LogP contribution in [0.15, 0.2) is 30.3 Å². The lowest BCUT2D eigenvalue weighted by Crippen LogP contribution is -2.38. The Morgan fingerprint density at radius 3 is 2.65 bits per heavy atom. The van der Waals surface area contributed by atoms with Gasteiger partial charge in [0.15, 0.2) is 0 Å². The fraction of sp³-hybridized carbons (Fsp3) is 0.500.